The Labute approximate surface area is 145 Å². The van der Waals surface area contributed by atoms with Crippen molar-refractivity contribution in [2.45, 2.75) is 13.0 Å². The predicted octanol–water partition coefficient (Wildman–Crippen LogP) is 4.16. The summed E-state index contributed by atoms with van der Waals surface area (Å²) in [6.45, 7) is 6.79. The molecular formula is C18H24Cl2N2. The quantitative estimate of drug-likeness (QED) is 0.903. The van der Waals surface area contributed by atoms with Gasteiger partial charge in [0.2, 0.25) is 0 Å². The van der Waals surface area contributed by atoms with Gasteiger partial charge < -0.3 is 5.32 Å². The van der Waals surface area contributed by atoms with Crippen LogP contribution >= 0.6 is 24.8 Å². The fraction of sp³-hybridized carbons (Fsp3) is 0.333. The van der Waals surface area contributed by atoms with E-state index in [1.165, 1.54) is 16.7 Å². The molecule has 0 bridgehead atoms. The molecule has 0 radical (unpaired) electrons. The Morgan fingerprint density at radius 3 is 2.18 bits per heavy atom. The predicted molar refractivity (Wildman–Crippen MR) is 99.2 cm³/mol. The molecule has 0 saturated carbocycles. The van der Waals surface area contributed by atoms with Crippen molar-refractivity contribution in [1.29, 1.82) is 0 Å². The molecule has 1 heterocycles. The molecule has 1 N–H and O–H groups in total. The summed E-state index contributed by atoms with van der Waals surface area (Å²) < 4.78 is 0. The third-order valence-corrected chi connectivity index (χ3v) is 4.18. The van der Waals surface area contributed by atoms with Crippen molar-refractivity contribution in [2.75, 3.05) is 26.2 Å². The van der Waals surface area contributed by atoms with Gasteiger partial charge in [-0.2, -0.15) is 0 Å². The zero-order chi connectivity index (χ0) is 13.8. The number of nitrogens with one attached hydrogen (secondary N) is 1. The number of hydrogen-bond acceptors (Lipinski definition) is 2. The molecule has 2 nitrogen and oxygen atoms in total. The Bertz CT molecular complexity index is 554. The van der Waals surface area contributed by atoms with Gasteiger partial charge in [-0.3, -0.25) is 4.90 Å². The van der Waals surface area contributed by atoms with Gasteiger partial charge in [-0.15, -0.1) is 24.8 Å². The van der Waals surface area contributed by atoms with Crippen LogP contribution < -0.4 is 5.32 Å². The zero-order valence-electron chi connectivity index (χ0n) is 12.9. The van der Waals surface area contributed by atoms with Crippen LogP contribution in [-0.2, 0) is 0 Å². The van der Waals surface area contributed by atoms with E-state index < -0.39 is 0 Å². The highest BCUT2D eigenvalue weighted by atomic mass is 35.5. The van der Waals surface area contributed by atoms with Gasteiger partial charge in [-0.1, -0.05) is 48.5 Å². The Morgan fingerprint density at radius 1 is 0.864 bits per heavy atom. The molecule has 22 heavy (non-hydrogen) atoms. The van der Waals surface area contributed by atoms with Crippen molar-refractivity contribution in [3.05, 3.63) is 60.2 Å². The fourth-order valence-corrected chi connectivity index (χ4v) is 2.89. The van der Waals surface area contributed by atoms with Crippen LogP contribution in [0, 0.1) is 0 Å². The standard InChI is InChI=1S/C18H22N2.2ClH/c1-15(20-12-10-19-11-13-20)17-8-5-9-18(14-17)16-6-3-2-4-7-16;;/h2-9,14-15,19H,10-13H2,1H3;2*1H/t15-;;/m0../s1. The Balaban J connectivity index is 0.00000121. The van der Waals surface area contributed by atoms with Crippen molar-refractivity contribution < 1.29 is 0 Å². The van der Waals surface area contributed by atoms with E-state index in [2.05, 4.69) is 71.7 Å². The van der Waals surface area contributed by atoms with E-state index >= 15 is 0 Å². The maximum atomic E-state index is 3.42. The average molecular weight is 339 g/mol. The molecule has 1 fully saturated rings. The monoisotopic (exact) mass is 338 g/mol. The van der Waals surface area contributed by atoms with Gasteiger partial charge in [0.05, 0.1) is 0 Å². The van der Waals surface area contributed by atoms with Gasteiger partial charge in [0.1, 0.15) is 0 Å². The molecule has 1 aliphatic heterocycles. The van der Waals surface area contributed by atoms with Crippen LogP contribution in [0.1, 0.15) is 18.5 Å². The third kappa shape index (κ3) is 4.47. The SMILES string of the molecule is C[C@@H](c1cccc(-c2ccccc2)c1)N1CCNCC1.Cl.Cl. The van der Waals surface area contributed by atoms with Crippen LogP contribution in [0.4, 0.5) is 0 Å². The lowest BCUT2D eigenvalue weighted by molar-refractivity contribution is 0.185. The van der Waals surface area contributed by atoms with Crippen molar-refractivity contribution in [3.8, 4) is 11.1 Å². The molecule has 1 atom stereocenters. The zero-order valence-corrected chi connectivity index (χ0v) is 14.5. The second kappa shape index (κ2) is 9.16. The summed E-state index contributed by atoms with van der Waals surface area (Å²) in [6.07, 6.45) is 0. The minimum atomic E-state index is 0. The maximum Gasteiger partial charge on any atom is 0.0321 e. The molecule has 4 heteroatoms. The highest BCUT2D eigenvalue weighted by Gasteiger charge is 2.17. The second-order valence-electron chi connectivity index (χ2n) is 5.45. The van der Waals surface area contributed by atoms with Crippen molar-refractivity contribution in [1.82, 2.24) is 10.2 Å². The third-order valence-electron chi connectivity index (χ3n) is 4.18. The number of rotatable bonds is 3. The van der Waals surface area contributed by atoms with E-state index in [4.69, 9.17) is 0 Å². The maximum absolute atomic E-state index is 3.42. The number of hydrogen-bond donors (Lipinski definition) is 1. The summed E-state index contributed by atoms with van der Waals surface area (Å²) >= 11 is 0. The van der Waals surface area contributed by atoms with E-state index in [1.54, 1.807) is 0 Å². The first-order valence-corrected chi connectivity index (χ1v) is 7.45. The number of halogens is 2. The lowest BCUT2D eigenvalue weighted by Gasteiger charge is -2.33. The van der Waals surface area contributed by atoms with E-state index in [1.807, 2.05) is 0 Å². The van der Waals surface area contributed by atoms with Gasteiger partial charge in [0, 0.05) is 32.2 Å². The van der Waals surface area contributed by atoms with E-state index in [0.717, 1.165) is 26.2 Å². The Morgan fingerprint density at radius 2 is 1.50 bits per heavy atom. The van der Waals surface area contributed by atoms with Crippen LogP contribution in [-0.4, -0.2) is 31.1 Å². The molecule has 1 saturated heterocycles. The summed E-state index contributed by atoms with van der Waals surface area (Å²) in [5, 5.41) is 3.42. The highest BCUT2D eigenvalue weighted by Crippen LogP contribution is 2.26. The first kappa shape index (κ1) is 19.0. The van der Waals surface area contributed by atoms with Crippen molar-refractivity contribution in [3.63, 3.8) is 0 Å². The van der Waals surface area contributed by atoms with Gasteiger partial charge in [-0.25, -0.2) is 0 Å². The molecule has 120 valence electrons. The molecular weight excluding hydrogens is 315 g/mol. The van der Waals surface area contributed by atoms with Crippen LogP contribution in [0.2, 0.25) is 0 Å². The molecule has 0 aromatic heterocycles. The van der Waals surface area contributed by atoms with Gasteiger partial charge in [-0.05, 0) is 29.7 Å². The van der Waals surface area contributed by atoms with Crippen molar-refractivity contribution >= 4 is 24.8 Å². The summed E-state index contributed by atoms with van der Waals surface area (Å²) in [6, 6.07) is 20.1. The van der Waals surface area contributed by atoms with Crippen molar-refractivity contribution in [2.24, 2.45) is 0 Å². The van der Waals surface area contributed by atoms with Crippen LogP contribution in [0.25, 0.3) is 11.1 Å². The minimum Gasteiger partial charge on any atom is -0.314 e. The minimum absolute atomic E-state index is 0. The van der Waals surface area contributed by atoms with E-state index in [-0.39, 0.29) is 24.8 Å². The second-order valence-corrected chi connectivity index (χ2v) is 5.45. The Kier molecular flexibility index (Phi) is 7.91. The molecule has 0 spiro atoms. The topological polar surface area (TPSA) is 15.3 Å². The van der Waals surface area contributed by atoms with Gasteiger partial charge in [0.15, 0.2) is 0 Å². The molecule has 1 aliphatic rings. The van der Waals surface area contributed by atoms with E-state index in [0.29, 0.717) is 6.04 Å². The summed E-state index contributed by atoms with van der Waals surface area (Å²) in [5.74, 6) is 0. The van der Waals surface area contributed by atoms with Crippen LogP contribution in [0.3, 0.4) is 0 Å². The molecule has 0 unspecified atom stereocenters. The van der Waals surface area contributed by atoms with Gasteiger partial charge >= 0.3 is 0 Å². The van der Waals surface area contributed by atoms with Crippen LogP contribution in [0.5, 0.6) is 0 Å². The van der Waals surface area contributed by atoms with E-state index in [9.17, 15) is 0 Å². The fourth-order valence-electron chi connectivity index (χ4n) is 2.89. The first-order valence-electron chi connectivity index (χ1n) is 7.45. The lowest BCUT2D eigenvalue weighted by atomic mass is 9.99. The smallest absolute Gasteiger partial charge is 0.0321 e. The largest absolute Gasteiger partial charge is 0.314 e. The molecule has 3 rings (SSSR count). The number of benzene rings is 2. The number of nitrogens with zero attached hydrogens (tertiary/aromatic N) is 1. The molecule has 0 aliphatic carbocycles. The van der Waals surface area contributed by atoms with Crippen LogP contribution in [0.15, 0.2) is 54.6 Å². The molecule has 0 amide bonds. The lowest BCUT2D eigenvalue weighted by Crippen LogP contribution is -2.44. The highest BCUT2D eigenvalue weighted by molar-refractivity contribution is 5.85. The summed E-state index contributed by atoms with van der Waals surface area (Å²) in [4.78, 5) is 2.56. The Hall–Kier alpha value is -1.06. The summed E-state index contributed by atoms with van der Waals surface area (Å²) in [7, 11) is 0. The van der Waals surface area contributed by atoms with Gasteiger partial charge in [0.25, 0.3) is 0 Å². The molecule has 2 aromatic rings. The summed E-state index contributed by atoms with van der Waals surface area (Å²) in [5.41, 5.74) is 4.01. The molecule has 2 aromatic carbocycles. The first-order chi connectivity index (χ1) is 9.84. The normalized spacial score (nSPS) is 16.2. The number of piperazine rings is 1. The average Bonchev–Trinajstić information content (AvgIpc) is 2.56.